The summed E-state index contributed by atoms with van der Waals surface area (Å²) < 4.78 is -0.873. The monoisotopic (exact) mass is 629 g/mol. The molecule has 0 amide bonds. The third kappa shape index (κ3) is 9.31. The van der Waals surface area contributed by atoms with Gasteiger partial charge in [-0.15, -0.1) is 5.06 Å². The van der Waals surface area contributed by atoms with Gasteiger partial charge in [-0.05, 0) is 30.2 Å². The number of rotatable bonds is 13. The predicted octanol–water partition coefficient (Wildman–Crippen LogP) is 6.46. The van der Waals surface area contributed by atoms with E-state index >= 15 is 0 Å². The highest BCUT2D eigenvalue weighted by molar-refractivity contribution is 8.30. The molecule has 10 heteroatoms. The van der Waals surface area contributed by atoms with Gasteiger partial charge in [-0.25, -0.2) is 4.79 Å². The van der Waals surface area contributed by atoms with Crippen LogP contribution in [0.5, 0.6) is 5.75 Å². The van der Waals surface area contributed by atoms with Crippen molar-refractivity contribution >= 4 is 45.7 Å². The van der Waals surface area contributed by atoms with Gasteiger partial charge in [0.2, 0.25) is 10.2 Å². The van der Waals surface area contributed by atoms with E-state index in [0.29, 0.717) is 22.3 Å². The van der Waals surface area contributed by atoms with Crippen LogP contribution >= 0.6 is 23.5 Å². The smallest absolute Gasteiger partial charge is 0.329 e. The summed E-state index contributed by atoms with van der Waals surface area (Å²) in [6.07, 6.45) is -0.0178. The highest BCUT2D eigenvalue weighted by Crippen LogP contribution is 2.36. The van der Waals surface area contributed by atoms with Crippen LogP contribution in [0.15, 0.2) is 115 Å². The Morgan fingerprint density at radius 1 is 0.705 bits per heavy atom. The fraction of sp³-hybridized carbons (Fsp3) is 0.176. The van der Waals surface area contributed by atoms with E-state index in [1.807, 2.05) is 6.07 Å². The SMILES string of the molecule is CC(C(=O)ON(Cc1ccccc1)[C@@H](Cc1ccc(O)cc1)C(=O)O)C(SC(=O)c1ccccc1)SC(=O)c1ccccc1. The second kappa shape index (κ2) is 15.9. The van der Waals surface area contributed by atoms with E-state index in [1.165, 1.54) is 12.1 Å². The van der Waals surface area contributed by atoms with Crippen molar-refractivity contribution in [3.8, 4) is 5.75 Å². The minimum absolute atomic E-state index is 0.0178. The number of thioether (sulfide) groups is 2. The maximum absolute atomic E-state index is 13.7. The van der Waals surface area contributed by atoms with Crippen molar-refractivity contribution < 1.29 is 34.2 Å². The molecule has 226 valence electrons. The van der Waals surface area contributed by atoms with Crippen LogP contribution in [-0.4, -0.2) is 48.1 Å². The lowest BCUT2D eigenvalue weighted by Crippen LogP contribution is -2.45. The lowest BCUT2D eigenvalue weighted by atomic mass is 10.0. The molecule has 1 unspecified atom stereocenters. The molecule has 8 nitrogen and oxygen atoms in total. The molecule has 0 aliphatic rings. The molecule has 4 aromatic rings. The molecule has 0 aromatic heterocycles. The molecule has 4 rings (SSSR count). The molecule has 0 aliphatic heterocycles. The molecule has 0 bridgehead atoms. The van der Waals surface area contributed by atoms with E-state index in [9.17, 15) is 29.4 Å². The summed E-state index contributed by atoms with van der Waals surface area (Å²) in [5.74, 6) is -2.96. The number of carbonyl (C=O) groups is 4. The zero-order valence-corrected chi connectivity index (χ0v) is 25.4. The molecular weight excluding hydrogens is 599 g/mol. The second-order valence-corrected chi connectivity index (χ2v) is 12.4. The van der Waals surface area contributed by atoms with Gasteiger partial charge in [-0.1, -0.05) is 127 Å². The zero-order valence-electron chi connectivity index (χ0n) is 23.8. The van der Waals surface area contributed by atoms with E-state index in [-0.39, 0.29) is 28.9 Å². The number of hydrogen-bond acceptors (Lipinski definition) is 9. The number of carbonyl (C=O) groups excluding carboxylic acids is 3. The van der Waals surface area contributed by atoms with Crippen molar-refractivity contribution in [2.45, 2.75) is 30.5 Å². The summed E-state index contributed by atoms with van der Waals surface area (Å²) in [5, 5.41) is 20.3. The Balaban J connectivity index is 1.60. The molecule has 4 aromatic carbocycles. The summed E-state index contributed by atoms with van der Waals surface area (Å²) in [7, 11) is 0. The maximum Gasteiger partial charge on any atom is 0.329 e. The molecule has 0 spiro atoms. The fourth-order valence-electron chi connectivity index (χ4n) is 4.17. The number of benzene rings is 4. The number of carboxylic acids is 1. The third-order valence-corrected chi connectivity index (χ3v) is 9.39. The first kappa shape index (κ1) is 32.5. The average molecular weight is 630 g/mol. The zero-order chi connectivity index (χ0) is 31.5. The molecule has 0 fully saturated rings. The van der Waals surface area contributed by atoms with Gasteiger partial charge >= 0.3 is 11.9 Å². The lowest BCUT2D eigenvalue weighted by Gasteiger charge is -2.30. The molecule has 2 N–H and O–H groups in total. The predicted molar refractivity (Wildman–Crippen MR) is 171 cm³/mol. The minimum Gasteiger partial charge on any atom is -0.508 e. The summed E-state index contributed by atoms with van der Waals surface area (Å²) >= 11 is 1.70. The van der Waals surface area contributed by atoms with E-state index in [1.54, 1.807) is 104 Å². The van der Waals surface area contributed by atoms with Gasteiger partial charge < -0.3 is 15.1 Å². The molecule has 0 saturated heterocycles. The van der Waals surface area contributed by atoms with Crippen LogP contribution in [0.3, 0.4) is 0 Å². The Labute approximate surface area is 264 Å². The van der Waals surface area contributed by atoms with Crippen molar-refractivity contribution in [2.75, 3.05) is 0 Å². The Morgan fingerprint density at radius 2 is 1.18 bits per heavy atom. The Hall–Kier alpha value is -4.38. The lowest BCUT2D eigenvalue weighted by molar-refractivity contribution is -0.213. The van der Waals surface area contributed by atoms with Gasteiger partial charge in [0.25, 0.3) is 0 Å². The van der Waals surface area contributed by atoms with Gasteiger partial charge in [0.1, 0.15) is 11.8 Å². The van der Waals surface area contributed by atoms with Crippen LogP contribution in [0.2, 0.25) is 0 Å². The van der Waals surface area contributed by atoms with Crippen molar-refractivity contribution in [3.63, 3.8) is 0 Å². The Morgan fingerprint density at radius 3 is 1.66 bits per heavy atom. The third-order valence-electron chi connectivity index (χ3n) is 6.63. The summed E-state index contributed by atoms with van der Waals surface area (Å²) in [6.45, 7) is 1.53. The number of nitrogens with zero attached hydrogens (tertiary/aromatic N) is 1. The van der Waals surface area contributed by atoms with Gasteiger partial charge in [-0.2, -0.15) is 0 Å². The van der Waals surface area contributed by atoms with Crippen molar-refractivity contribution in [3.05, 3.63) is 138 Å². The highest BCUT2D eigenvalue weighted by atomic mass is 32.2. The molecule has 2 atom stereocenters. The minimum atomic E-state index is -1.27. The molecule has 0 aliphatic carbocycles. The van der Waals surface area contributed by atoms with Gasteiger partial charge in [0, 0.05) is 17.5 Å². The van der Waals surface area contributed by atoms with E-state index in [4.69, 9.17) is 4.84 Å². The highest BCUT2D eigenvalue weighted by Gasteiger charge is 2.36. The van der Waals surface area contributed by atoms with Crippen molar-refractivity contribution in [1.82, 2.24) is 5.06 Å². The first-order valence-electron chi connectivity index (χ1n) is 13.8. The number of hydroxylamine groups is 2. The maximum atomic E-state index is 13.7. The van der Waals surface area contributed by atoms with E-state index < -0.39 is 28.5 Å². The fourth-order valence-corrected chi connectivity index (χ4v) is 6.48. The normalized spacial score (nSPS) is 12.4. The molecule has 0 saturated carbocycles. The number of phenolic OH excluding ortho intramolecular Hbond substituents is 1. The number of hydrogen-bond donors (Lipinski definition) is 2. The average Bonchev–Trinajstić information content (AvgIpc) is 3.04. The van der Waals surface area contributed by atoms with Crippen molar-refractivity contribution in [2.24, 2.45) is 5.92 Å². The molecule has 0 heterocycles. The van der Waals surface area contributed by atoms with Crippen LogP contribution in [0, 0.1) is 5.92 Å². The number of aromatic hydroxyl groups is 1. The largest absolute Gasteiger partial charge is 0.508 e. The number of aliphatic carboxylic acids is 1. The van der Waals surface area contributed by atoms with Crippen LogP contribution in [-0.2, 0) is 27.4 Å². The number of carboxylic acid groups (broad SMARTS) is 1. The van der Waals surface area contributed by atoms with Gasteiger partial charge in [-0.3, -0.25) is 14.4 Å². The van der Waals surface area contributed by atoms with Crippen LogP contribution < -0.4 is 0 Å². The van der Waals surface area contributed by atoms with E-state index in [0.717, 1.165) is 28.6 Å². The first-order valence-corrected chi connectivity index (χ1v) is 15.5. The summed E-state index contributed by atoms with van der Waals surface area (Å²) in [6, 6.07) is 30.9. The molecule has 0 radical (unpaired) electrons. The standard InChI is InChI=1S/C34H31NO7S2/c1-23(34(43-32(40)26-13-7-3-8-14-26)44-33(41)27-15-9-4-10-16-27)31(39)42-35(22-25-11-5-2-6-12-25)29(30(37)38)21-24-17-19-28(36)20-18-24/h2-20,23,29,34,36H,21-22H2,1H3,(H,37,38)/t23?,29-/m0/s1. The Bertz CT molecular complexity index is 1500. The van der Waals surface area contributed by atoms with Crippen LogP contribution in [0.25, 0.3) is 0 Å². The first-order chi connectivity index (χ1) is 21.2. The topological polar surface area (TPSA) is 121 Å². The molecule has 44 heavy (non-hydrogen) atoms. The van der Waals surface area contributed by atoms with Crippen LogP contribution in [0.1, 0.15) is 38.8 Å². The summed E-state index contributed by atoms with van der Waals surface area (Å²) in [5.41, 5.74) is 2.16. The van der Waals surface area contributed by atoms with E-state index in [2.05, 4.69) is 0 Å². The Kier molecular flexibility index (Phi) is 11.8. The van der Waals surface area contributed by atoms with Crippen molar-refractivity contribution in [1.29, 1.82) is 0 Å². The van der Waals surface area contributed by atoms with Gasteiger partial charge in [0.05, 0.1) is 17.0 Å². The van der Waals surface area contributed by atoms with Gasteiger partial charge in [0.15, 0.2) is 0 Å². The van der Waals surface area contributed by atoms with Crippen LogP contribution in [0.4, 0.5) is 0 Å². The summed E-state index contributed by atoms with van der Waals surface area (Å²) in [4.78, 5) is 58.4. The molecular formula is C34H31NO7S2. The second-order valence-electron chi connectivity index (χ2n) is 9.90. The quantitative estimate of drug-likeness (QED) is 0.126. The number of phenols is 1.